The highest BCUT2D eigenvalue weighted by atomic mass is 35.5. The summed E-state index contributed by atoms with van der Waals surface area (Å²) in [5.74, 6) is 0. The fourth-order valence-corrected chi connectivity index (χ4v) is 2.03. The van der Waals surface area contributed by atoms with Crippen molar-refractivity contribution < 1.29 is 14.3 Å². The number of hydrogen-bond acceptors (Lipinski definition) is 2. The first-order valence-corrected chi connectivity index (χ1v) is 6.14. The second-order valence-corrected chi connectivity index (χ2v) is 4.87. The first-order valence-electron chi connectivity index (χ1n) is 5.39. The molecular formula is C14H9Cl2FO2. The molecule has 0 heterocycles. The van der Waals surface area contributed by atoms with Gasteiger partial charge in [-0.2, -0.15) is 4.39 Å². The highest BCUT2D eigenvalue weighted by molar-refractivity contribution is 6.30. The number of hydrogen-bond donors (Lipinski definition) is 1. The van der Waals surface area contributed by atoms with E-state index in [1.807, 2.05) is 0 Å². The lowest BCUT2D eigenvalue weighted by molar-refractivity contribution is -0.146. The van der Waals surface area contributed by atoms with Crippen LogP contribution in [0.15, 0.2) is 48.5 Å². The summed E-state index contributed by atoms with van der Waals surface area (Å²) in [6, 6.07) is 9.62. The Morgan fingerprint density at radius 2 is 1.21 bits per heavy atom. The van der Waals surface area contributed by atoms with E-state index in [1.165, 1.54) is 48.5 Å². The lowest BCUT2D eigenvalue weighted by atomic mass is 9.87. The van der Waals surface area contributed by atoms with Gasteiger partial charge in [0.15, 0.2) is 0 Å². The zero-order valence-corrected chi connectivity index (χ0v) is 11.1. The average Bonchev–Trinajstić information content (AvgIpc) is 2.39. The van der Waals surface area contributed by atoms with Gasteiger partial charge in [0.1, 0.15) is 0 Å². The molecule has 0 aliphatic carbocycles. The molecule has 19 heavy (non-hydrogen) atoms. The van der Waals surface area contributed by atoms with Gasteiger partial charge in [0.2, 0.25) is 5.60 Å². The van der Waals surface area contributed by atoms with Crippen molar-refractivity contribution in [3.05, 3.63) is 69.7 Å². The molecule has 5 heteroatoms. The summed E-state index contributed by atoms with van der Waals surface area (Å²) in [4.78, 5) is 11.3. The summed E-state index contributed by atoms with van der Waals surface area (Å²) in [5.41, 5.74) is -2.15. The van der Waals surface area contributed by atoms with Crippen molar-refractivity contribution in [2.24, 2.45) is 0 Å². The van der Waals surface area contributed by atoms with Gasteiger partial charge in [0.05, 0.1) is 0 Å². The molecule has 0 aromatic heterocycles. The Balaban J connectivity index is 2.57. The molecule has 0 aliphatic rings. The third-order valence-corrected chi connectivity index (χ3v) is 3.31. The van der Waals surface area contributed by atoms with Crippen LogP contribution in [0.1, 0.15) is 11.1 Å². The minimum atomic E-state index is -2.35. The van der Waals surface area contributed by atoms with E-state index in [0.29, 0.717) is 10.0 Å². The molecular weight excluding hydrogens is 290 g/mol. The van der Waals surface area contributed by atoms with Gasteiger partial charge in [-0.15, -0.1) is 0 Å². The van der Waals surface area contributed by atoms with Gasteiger partial charge in [-0.3, -0.25) is 4.79 Å². The van der Waals surface area contributed by atoms with Crippen molar-refractivity contribution in [1.29, 1.82) is 0 Å². The first kappa shape index (κ1) is 14.0. The van der Waals surface area contributed by atoms with Gasteiger partial charge in [-0.25, -0.2) is 0 Å². The molecule has 0 atom stereocenters. The summed E-state index contributed by atoms with van der Waals surface area (Å²) >= 11 is 11.5. The summed E-state index contributed by atoms with van der Waals surface area (Å²) < 4.78 is 13.4. The van der Waals surface area contributed by atoms with Crippen molar-refractivity contribution in [1.82, 2.24) is 0 Å². The van der Waals surface area contributed by atoms with Crippen LogP contribution in [-0.2, 0) is 10.4 Å². The Kier molecular flexibility index (Phi) is 3.90. The van der Waals surface area contributed by atoms with E-state index < -0.39 is 11.6 Å². The Bertz CT molecular complexity index is 548. The summed E-state index contributed by atoms with van der Waals surface area (Å²) in [5, 5.41) is 11.3. The molecule has 0 radical (unpaired) electrons. The molecule has 2 nitrogen and oxygen atoms in total. The predicted molar refractivity (Wildman–Crippen MR) is 72.0 cm³/mol. The van der Waals surface area contributed by atoms with Crippen molar-refractivity contribution in [2.75, 3.05) is 0 Å². The number of aliphatic hydroxyl groups is 1. The van der Waals surface area contributed by atoms with Crippen molar-refractivity contribution in [2.45, 2.75) is 5.60 Å². The van der Waals surface area contributed by atoms with E-state index in [-0.39, 0.29) is 11.1 Å². The molecule has 98 valence electrons. The third-order valence-electron chi connectivity index (χ3n) is 2.81. The van der Waals surface area contributed by atoms with Crippen LogP contribution in [-0.4, -0.2) is 11.1 Å². The second kappa shape index (κ2) is 5.29. The molecule has 0 saturated heterocycles. The van der Waals surface area contributed by atoms with Gasteiger partial charge in [0.25, 0.3) is 0 Å². The minimum absolute atomic E-state index is 0.103. The Morgan fingerprint density at radius 1 is 0.895 bits per heavy atom. The van der Waals surface area contributed by atoms with E-state index in [2.05, 4.69) is 0 Å². The molecule has 0 amide bonds. The number of rotatable bonds is 3. The Hall–Kier alpha value is -1.42. The highest BCUT2D eigenvalue weighted by Gasteiger charge is 2.40. The van der Waals surface area contributed by atoms with E-state index >= 15 is 0 Å². The van der Waals surface area contributed by atoms with E-state index in [9.17, 15) is 14.3 Å². The van der Waals surface area contributed by atoms with Crippen molar-refractivity contribution in [3.8, 4) is 0 Å². The minimum Gasteiger partial charge on any atom is -0.371 e. The van der Waals surface area contributed by atoms with Crippen LogP contribution in [0, 0.1) is 0 Å². The van der Waals surface area contributed by atoms with Gasteiger partial charge in [-0.05, 0) is 35.4 Å². The largest absolute Gasteiger partial charge is 0.371 e. The lowest BCUT2D eigenvalue weighted by Gasteiger charge is -2.24. The van der Waals surface area contributed by atoms with Gasteiger partial charge in [-0.1, -0.05) is 47.5 Å². The number of carbonyl (C=O) groups excluding carboxylic acids is 1. The quantitative estimate of drug-likeness (QED) is 0.877. The maximum Gasteiger partial charge on any atom is 0.342 e. The zero-order chi connectivity index (χ0) is 14.0. The molecule has 0 unspecified atom stereocenters. The fraction of sp³-hybridized carbons (Fsp3) is 0.0714. The molecule has 0 bridgehead atoms. The summed E-state index contributed by atoms with van der Waals surface area (Å²) in [7, 11) is 0. The van der Waals surface area contributed by atoms with Gasteiger partial charge >= 0.3 is 6.04 Å². The topological polar surface area (TPSA) is 37.3 Å². The molecule has 2 aromatic rings. The number of benzene rings is 2. The van der Waals surface area contributed by atoms with Crippen LogP contribution in [0.2, 0.25) is 10.0 Å². The summed E-state index contributed by atoms with van der Waals surface area (Å²) in [6.07, 6.45) is 0. The standard InChI is InChI=1S/C14H9Cl2FO2/c15-11-5-1-9(2-6-11)14(19,13(17)18)10-3-7-12(16)8-4-10/h1-8,19H. The van der Waals surface area contributed by atoms with Crippen molar-refractivity contribution in [3.63, 3.8) is 0 Å². The van der Waals surface area contributed by atoms with Crippen molar-refractivity contribution >= 4 is 29.2 Å². The van der Waals surface area contributed by atoms with Crippen LogP contribution in [0.5, 0.6) is 0 Å². The van der Waals surface area contributed by atoms with Crippen LogP contribution in [0.3, 0.4) is 0 Å². The maximum absolute atomic E-state index is 13.4. The molecule has 2 aromatic carbocycles. The van der Waals surface area contributed by atoms with Gasteiger partial charge in [0, 0.05) is 10.0 Å². The van der Waals surface area contributed by atoms with Crippen LogP contribution < -0.4 is 0 Å². The SMILES string of the molecule is O=C(F)C(O)(c1ccc(Cl)cc1)c1ccc(Cl)cc1. The molecule has 0 saturated carbocycles. The molecule has 0 fully saturated rings. The van der Waals surface area contributed by atoms with Crippen LogP contribution in [0.25, 0.3) is 0 Å². The first-order chi connectivity index (χ1) is 8.94. The predicted octanol–water partition coefficient (Wildman–Crippen LogP) is 3.73. The van der Waals surface area contributed by atoms with Crippen LogP contribution in [0.4, 0.5) is 4.39 Å². The number of halogens is 3. The molecule has 0 spiro atoms. The third kappa shape index (κ3) is 2.63. The lowest BCUT2D eigenvalue weighted by Crippen LogP contribution is -2.34. The average molecular weight is 299 g/mol. The van der Waals surface area contributed by atoms with E-state index in [1.54, 1.807) is 0 Å². The Morgan fingerprint density at radius 3 is 1.47 bits per heavy atom. The zero-order valence-electron chi connectivity index (χ0n) is 9.61. The summed E-state index contributed by atoms with van der Waals surface area (Å²) in [6.45, 7) is 0. The Labute approximate surface area is 119 Å². The fourth-order valence-electron chi connectivity index (χ4n) is 1.78. The van der Waals surface area contributed by atoms with E-state index in [4.69, 9.17) is 23.2 Å². The van der Waals surface area contributed by atoms with E-state index in [0.717, 1.165) is 0 Å². The highest BCUT2D eigenvalue weighted by Crippen LogP contribution is 2.32. The maximum atomic E-state index is 13.4. The molecule has 2 rings (SSSR count). The van der Waals surface area contributed by atoms with Crippen LogP contribution >= 0.6 is 23.2 Å². The van der Waals surface area contributed by atoms with Gasteiger partial charge < -0.3 is 5.11 Å². The molecule has 0 aliphatic heterocycles. The normalized spacial score (nSPS) is 11.4. The smallest absolute Gasteiger partial charge is 0.342 e. The second-order valence-electron chi connectivity index (χ2n) is 4.00. The molecule has 1 N–H and O–H groups in total. The monoisotopic (exact) mass is 298 g/mol. The number of carbonyl (C=O) groups is 1.